The highest BCUT2D eigenvalue weighted by molar-refractivity contribution is 5.69. The Bertz CT molecular complexity index is 410. The average molecular weight is 252 g/mol. The van der Waals surface area contributed by atoms with Crippen LogP contribution in [0.25, 0.3) is 0 Å². The van der Waals surface area contributed by atoms with E-state index in [9.17, 15) is 4.79 Å². The van der Waals surface area contributed by atoms with Crippen molar-refractivity contribution in [2.75, 3.05) is 6.61 Å². The summed E-state index contributed by atoms with van der Waals surface area (Å²) in [5, 5.41) is 0. The first-order chi connectivity index (χ1) is 8.45. The Hall–Kier alpha value is -1.29. The van der Waals surface area contributed by atoms with Crippen LogP contribution >= 0.6 is 0 Å². The molecule has 0 aliphatic carbocycles. The molecule has 4 nitrogen and oxygen atoms in total. The fourth-order valence-electron chi connectivity index (χ4n) is 2.06. The minimum atomic E-state index is -0.158. The Balaban J connectivity index is 2.47. The predicted molar refractivity (Wildman–Crippen MR) is 72.4 cm³/mol. The highest BCUT2D eigenvalue weighted by Crippen LogP contribution is 2.16. The van der Waals surface area contributed by atoms with Crippen LogP contribution in [0.1, 0.15) is 36.7 Å². The van der Waals surface area contributed by atoms with Crippen molar-refractivity contribution in [2.45, 2.75) is 46.1 Å². The van der Waals surface area contributed by atoms with E-state index in [0.29, 0.717) is 19.4 Å². The zero-order valence-corrected chi connectivity index (χ0v) is 11.8. The molecule has 1 rings (SSSR count). The molecule has 1 aromatic heterocycles. The van der Waals surface area contributed by atoms with E-state index in [4.69, 9.17) is 10.5 Å². The van der Waals surface area contributed by atoms with E-state index in [-0.39, 0.29) is 12.0 Å². The van der Waals surface area contributed by atoms with E-state index in [2.05, 4.69) is 31.5 Å². The first-order valence-corrected chi connectivity index (χ1v) is 6.48. The van der Waals surface area contributed by atoms with Gasteiger partial charge in [-0.05, 0) is 45.2 Å². The first kappa shape index (κ1) is 14.8. The molecule has 1 heterocycles. The van der Waals surface area contributed by atoms with Gasteiger partial charge in [-0.25, -0.2) is 0 Å². The monoisotopic (exact) mass is 252 g/mol. The maximum atomic E-state index is 11.2. The zero-order valence-electron chi connectivity index (χ0n) is 11.8. The van der Waals surface area contributed by atoms with Crippen molar-refractivity contribution in [1.82, 2.24) is 4.57 Å². The zero-order chi connectivity index (χ0) is 13.7. The van der Waals surface area contributed by atoms with E-state index in [1.165, 1.54) is 17.0 Å². The van der Waals surface area contributed by atoms with Crippen LogP contribution in [0, 0.1) is 13.8 Å². The lowest BCUT2D eigenvalue weighted by molar-refractivity contribution is -0.143. The van der Waals surface area contributed by atoms with E-state index in [0.717, 1.165) is 6.42 Å². The van der Waals surface area contributed by atoms with E-state index in [1.54, 1.807) is 0 Å². The summed E-state index contributed by atoms with van der Waals surface area (Å²) in [6.45, 7) is 6.43. The maximum absolute atomic E-state index is 11.2. The molecule has 1 aromatic rings. The van der Waals surface area contributed by atoms with Gasteiger partial charge in [0.25, 0.3) is 0 Å². The smallest absolute Gasteiger partial charge is 0.305 e. The lowest BCUT2D eigenvalue weighted by Gasteiger charge is -2.11. The number of aromatic nitrogens is 1. The Kier molecular flexibility index (Phi) is 5.41. The molecule has 0 fully saturated rings. The number of nitrogens with zero attached hydrogens (tertiary/aromatic N) is 1. The Morgan fingerprint density at radius 1 is 1.50 bits per heavy atom. The van der Waals surface area contributed by atoms with E-state index in [1.807, 2.05) is 6.92 Å². The van der Waals surface area contributed by atoms with Crippen molar-refractivity contribution >= 4 is 5.97 Å². The number of hydrogen-bond donors (Lipinski definition) is 1. The topological polar surface area (TPSA) is 57.2 Å². The largest absolute Gasteiger partial charge is 0.466 e. The van der Waals surface area contributed by atoms with Crippen LogP contribution in [-0.2, 0) is 23.0 Å². The van der Waals surface area contributed by atoms with Crippen molar-refractivity contribution in [3.05, 3.63) is 23.0 Å². The van der Waals surface area contributed by atoms with Crippen LogP contribution in [0.2, 0.25) is 0 Å². The first-order valence-electron chi connectivity index (χ1n) is 6.48. The number of esters is 1. The number of carbonyl (C=O) groups is 1. The summed E-state index contributed by atoms with van der Waals surface area (Å²) in [4.78, 5) is 11.2. The molecule has 1 atom stereocenters. The second-order valence-corrected chi connectivity index (χ2v) is 4.76. The molecule has 0 amide bonds. The Morgan fingerprint density at radius 2 is 2.17 bits per heavy atom. The molecular weight excluding hydrogens is 228 g/mol. The van der Waals surface area contributed by atoms with Gasteiger partial charge >= 0.3 is 5.97 Å². The summed E-state index contributed by atoms with van der Waals surface area (Å²) in [5.41, 5.74) is 9.82. The van der Waals surface area contributed by atoms with Crippen LogP contribution in [0.3, 0.4) is 0 Å². The fraction of sp³-hybridized carbons (Fsp3) is 0.643. The number of aryl methyl sites for hydroxylation is 1. The Labute approximate surface area is 109 Å². The van der Waals surface area contributed by atoms with Crippen molar-refractivity contribution in [3.63, 3.8) is 0 Å². The van der Waals surface area contributed by atoms with Crippen molar-refractivity contribution < 1.29 is 9.53 Å². The average Bonchev–Trinajstić information content (AvgIpc) is 2.55. The lowest BCUT2D eigenvalue weighted by atomic mass is 10.0. The quantitative estimate of drug-likeness (QED) is 0.786. The van der Waals surface area contributed by atoms with Crippen LogP contribution in [-0.4, -0.2) is 23.2 Å². The van der Waals surface area contributed by atoms with Gasteiger partial charge in [0.1, 0.15) is 0 Å². The molecule has 0 saturated heterocycles. The van der Waals surface area contributed by atoms with Gasteiger partial charge in [0.05, 0.1) is 6.61 Å². The molecule has 2 N–H and O–H groups in total. The highest BCUT2D eigenvalue weighted by Gasteiger charge is 2.12. The number of rotatable bonds is 6. The minimum absolute atomic E-state index is 0.00917. The number of carbonyl (C=O) groups excluding carboxylic acids is 1. The standard InChI is InChI=1S/C14H24N2O2/c1-5-18-14(17)7-6-13(15)9-12-8-10(2)16(4)11(12)3/h8,13H,5-7,9,15H2,1-4H3. The molecule has 0 aromatic carbocycles. The van der Waals surface area contributed by atoms with Gasteiger partial charge in [0, 0.05) is 30.9 Å². The van der Waals surface area contributed by atoms with Crippen LogP contribution in [0.15, 0.2) is 6.07 Å². The van der Waals surface area contributed by atoms with Gasteiger partial charge < -0.3 is 15.0 Å². The minimum Gasteiger partial charge on any atom is -0.466 e. The molecule has 1 unspecified atom stereocenters. The van der Waals surface area contributed by atoms with Gasteiger partial charge in [0.2, 0.25) is 0 Å². The molecule has 102 valence electrons. The molecule has 0 spiro atoms. The fourth-order valence-corrected chi connectivity index (χ4v) is 2.06. The van der Waals surface area contributed by atoms with Crippen molar-refractivity contribution in [2.24, 2.45) is 12.8 Å². The van der Waals surface area contributed by atoms with E-state index < -0.39 is 0 Å². The van der Waals surface area contributed by atoms with Gasteiger partial charge in [-0.1, -0.05) is 0 Å². The predicted octanol–water partition coefficient (Wildman–Crippen LogP) is 1.86. The van der Waals surface area contributed by atoms with Gasteiger partial charge in [-0.15, -0.1) is 0 Å². The molecule has 0 aliphatic rings. The van der Waals surface area contributed by atoms with Gasteiger partial charge in [-0.2, -0.15) is 0 Å². The second kappa shape index (κ2) is 6.59. The van der Waals surface area contributed by atoms with Gasteiger partial charge in [-0.3, -0.25) is 4.79 Å². The SMILES string of the molecule is CCOC(=O)CCC(N)Cc1cc(C)n(C)c1C. The number of nitrogens with two attached hydrogens (primary N) is 1. The van der Waals surface area contributed by atoms with Crippen LogP contribution < -0.4 is 5.73 Å². The number of ether oxygens (including phenoxy) is 1. The van der Waals surface area contributed by atoms with Gasteiger partial charge in [0.15, 0.2) is 0 Å². The third-order valence-corrected chi connectivity index (χ3v) is 3.39. The summed E-state index contributed by atoms with van der Waals surface area (Å²) >= 11 is 0. The van der Waals surface area contributed by atoms with E-state index >= 15 is 0 Å². The normalized spacial score (nSPS) is 12.5. The maximum Gasteiger partial charge on any atom is 0.305 e. The summed E-state index contributed by atoms with van der Waals surface area (Å²) in [6.07, 6.45) is 1.89. The summed E-state index contributed by atoms with van der Waals surface area (Å²) in [6, 6.07) is 2.18. The molecule has 0 radical (unpaired) electrons. The molecule has 0 saturated carbocycles. The second-order valence-electron chi connectivity index (χ2n) is 4.76. The number of hydrogen-bond acceptors (Lipinski definition) is 3. The third-order valence-electron chi connectivity index (χ3n) is 3.39. The lowest BCUT2D eigenvalue weighted by Crippen LogP contribution is -2.24. The molecule has 0 aliphatic heterocycles. The Morgan fingerprint density at radius 3 is 2.67 bits per heavy atom. The van der Waals surface area contributed by atoms with Crippen molar-refractivity contribution in [3.8, 4) is 0 Å². The molecule has 0 bridgehead atoms. The molecular formula is C14H24N2O2. The van der Waals surface area contributed by atoms with Crippen LogP contribution in [0.4, 0.5) is 0 Å². The summed E-state index contributed by atoms with van der Waals surface area (Å²) < 4.78 is 7.05. The summed E-state index contributed by atoms with van der Waals surface area (Å²) in [7, 11) is 2.05. The van der Waals surface area contributed by atoms with Crippen molar-refractivity contribution in [1.29, 1.82) is 0 Å². The molecule has 18 heavy (non-hydrogen) atoms. The highest BCUT2D eigenvalue weighted by atomic mass is 16.5. The molecule has 4 heteroatoms. The summed E-state index contributed by atoms with van der Waals surface area (Å²) in [5.74, 6) is -0.158. The third kappa shape index (κ3) is 3.88. The van der Waals surface area contributed by atoms with Crippen LogP contribution in [0.5, 0.6) is 0 Å².